The van der Waals surface area contributed by atoms with E-state index in [-0.39, 0.29) is 23.7 Å². The molecule has 1 atom stereocenters. The second-order valence-electron chi connectivity index (χ2n) is 4.92. The number of aliphatic hydroxyl groups is 1. The van der Waals surface area contributed by atoms with Gasteiger partial charge in [-0.2, -0.15) is 4.31 Å². The van der Waals surface area contributed by atoms with Crippen molar-refractivity contribution in [1.82, 2.24) is 4.31 Å². The molecule has 0 bridgehead atoms. The second kappa shape index (κ2) is 4.32. The van der Waals surface area contributed by atoms with Crippen molar-refractivity contribution in [2.75, 3.05) is 13.1 Å². The molecular weight excluding hydrogens is 274 g/mol. The highest BCUT2D eigenvalue weighted by molar-refractivity contribution is 7.89. The molecule has 1 fully saturated rings. The van der Waals surface area contributed by atoms with Crippen LogP contribution in [0, 0.1) is 6.92 Å². The molecule has 0 aliphatic carbocycles. The number of β-amino-alcohol motifs (C(OH)–C–C–N with tert-alkyl or cyclic N) is 1. The molecule has 0 saturated carbocycles. The van der Waals surface area contributed by atoms with E-state index in [1.165, 1.54) is 6.92 Å². The standard InChI is InChI=1S/C11H15NO6S/c1-7-9(5-8(18-7)10(13)14)19(16,17)12-4-3-11(2,15)6-12/h5,15H,3-4,6H2,1-2H3,(H,13,14). The van der Waals surface area contributed by atoms with Gasteiger partial charge in [-0.1, -0.05) is 0 Å². The summed E-state index contributed by atoms with van der Waals surface area (Å²) < 4.78 is 30.7. The lowest BCUT2D eigenvalue weighted by molar-refractivity contribution is 0.0660. The molecule has 0 radical (unpaired) electrons. The van der Waals surface area contributed by atoms with Crippen molar-refractivity contribution in [1.29, 1.82) is 0 Å². The Balaban J connectivity index is 2.38. The van der Waals surface area contributed by atoms with E-state index >= 15 is 0 Å². The highest BCUT2D eigenvalue weighted by atomic mass is 32.2. The number of aryl methyl sites for hydroxylation is 1. The van der Waals surface area contributed by atoms with Gasteiger partial charge in [0.15, 0.2) is 0 Å². The Bertz CT molecular complexity index is 615. The highest BCUT2D eigenvalue weighted by Crippen LogP contribution is 2.29. The van der Waals surface area contributed by atoms with Crippen LogP contribution in [0.15, 0.2) is 15.4 Å². The summed E-state index contributed by atoms with van der Waals surface area (Å²) in [6, 6.07) is 1.00. The lowest BCUT2D eigenvalue weighted by Gasteiger charge is -2.18. The van der Waals surface area contributed by atoms with Gasteiger partial charge in [0.05, 0.1) is 5.60 Å². The van der Waals surface area contributed by atoms with Crippen LogP contribution in [0.2, 0.25) is 0 Å². The summed E-state index contributed by atoms with van der Waals surface area (Å²) in [7, 11) is -3.84. The Morgan fingerprint density at radius 1 is 1.53 bits per heavy atom. The molecule has 0 aromatic carbocycles. The fourth-order valence-corrected chi connectivity index (χ4v) is 3.79. The molecule has 1 saturated heterocycles. The van der Waals surface area contributed by atoms with E-state index in [0.717, 1.165) is 10.4 Å². The monoisotopic (exact) mass is 289 g/mol. The largest absolute Gasteiger partial charge is 0.475 e. The number of furan rings is 1. The minimum atomic E-state index is -3.84. The zero-order valence-corrected chi connectivity index (χ0v) is 11.4. The number of carboxylic acids is 1. The van der Waals surface area contributed by atoms with Crippen LogP contribution in [0.1, 0.15) is 29.7 Å². The number of sulfonamides is 1. The molecule has 1 aliphatic heterocycles. The first kappa shape index (κ1) is 14.0. The first-order chi connectivity index (χ1) is 8.63. The molecule has 8 heteroatoms. The van der Waals surface area contributed by atoms with Crippen LogP contribution in [0.5, 0.6) is 0 Å². The SMILES string of the molecule is Cc1oc(C(=O)O)cc1S(=O)(=O)N1CCC(C)(O)C1. The second-order valence-corrected chi connectivity index (χ2v) is 6.83. The quantitative estimate of drug-likeness (QED) is 0.835. The molecule has 1 unspecified atom stereocenters. The summed E-state index contributed by atoms with van der Waals surface area (Å²) in [6.07, 6.45) is 0.342. The number of carboxylic acid groups (broad SMARTS) is 1. The fraction of sp³-hybridized carbons (Fsp3) is 0.545. The number of aromatic carboxylic acids is 1. The molecule has 0 spiro atoms. The van der Waals surface area contributed by atoms with Gasteiger partial charge in [-0.25, -0.2) is 13.2 Å². The third kappa shape index (κ3) is 2.51. The van der Waals surface area contributed by atoms with Crippen LogP contribution >= 0.6 is 0 Å². The van der Waals surface area contributed by atoms with Crippen molar-refractivity contribution in [3.05, 3.63) is 17.6 Å². The van der Waals surface area contributed by atoms with Gasteiger partial charge in [0.25, 0.3) is 0 Å². The Labute approximate surface area is 110 Å². The summed E-state index contributed by atoms with van der Waals surface area (Å²) >= 11 is 0. The van der Waals surface area contributed by atoms with Gasteiger partial charge in [-0.3, -0.25) is 0 Å². The van der Waals surface area contributed by atoms with Gasteiger partial charge in [-0.05, 0) is 20.3 Å². The molecule has 106 valence electrons. The summed E-state index contributed by atoms with van der Waals surface area (Å²) in [5, 5.41) is 18.6. The minimum Gasteiger partial charge on any atom is -0.475 e. The van der Waals surface area contributed by atoms with Gasteiger partial charge in [-0.15, -0.1) is 0 Å². The van der Waals surface area contributed by atoms with E-state index in [9.17, 15) is 18.3 Å². The van der Waals surface area contributed by atoms with Gasteiger partial charge in [0, 0.05) is 19.2 Å². The van der Waals surface area contributed by atoms with Crippen LogP contribution in [0.25, 0.3) is 0 Å². The normalized spacial score (nSPS) is 24.8. The van der Waals surface area contributed by atoms with Crippen molar-refractivity contribution in [2.45, 2.75) is 30.8 Å². The van der Waals surface area contributed by atoms with E-state index < -0.39 is 27.4 Å². The van der Waals surface area contributed by atoms with Crippen LogP contribution in [-0.2, 0) is 10.0 Å². The fourth-order valence-electron chi connectivity index (χ4n) is 2.07. The summed E-state index contributed by atoms with van der Waals surface area (Å²) in [4.78, 5) is 10.6. The van der Waals surface area contributed by atoms with Crippen molar-refractivity contribution in [2.24, 2.45) is 0 Å². The Kier molecular flexibility index (Phi) is 3.20. The molecule has 1 aromatic heterocycles. The van der Waals surface area contributed by atoms with E-state index in [4.69, 9.17) is 9.52 Å². The number of nitrogens with zero attached hydrogens (tertiary/aromatic N) is 1. The third-order valence-corrected chi connectivity index (χ3v) is 5.07. The number of rotatable bonds is 3. The van der Waals surface area contributed by atoms with Crippen LogP contribution < -0.4 is 0 Å². The number of carbonyl (C=O) groups is 1. The van der Waals surface area contributed by atoms with E-state index in [1.807, 2.05) is 0 Å². The zero-order chi connectivity index (χ0) is 14.4. The van der Waals surface area contributed by atoms with Gasteiger partial charge >= 0.3 is 5.97 Å². The average Bonchev–Trinajstić information content (AvgIpc) is 2.82. The molecule has 2 rings (SSSR count). The topological polar surface area (TPSA) is 108 Å². The molecule has 2 heterocycles. The summed E-state index contributed by atoms with van der Waals surface area (Å²) in [5.74, 6) is -1.70. The minimum absolute atomic E-state index is 0.0115. The zero-order valence-electron chi connectivity index (χ0n) is 10.6. The smallest absolute Gasteiger partial charge is 0.371 e. The molecule has 0 amide bonds. The van der Waals surface area contributed by atoms with Crippen molar-refractivity contribution >= 4 is 16.0 Å². The maximum atomic E-state index is 12.3. The Morgan fingerprint density at radius 3 is 2.58 bits per heavy atom. The van der Waals surface area contributed by atoms with E-state index in [2.05, 4.69) is 0 Å². The molecule has 7 nitrogen and oxygen atoms in total. The molecular formula is C11H15NO6S. The summed E-state index contributed by atoms with van der Waals surface area (Å²) in [6.45, 7) is 3.14. The number of hydrogen-bond acceptors (Lipinski definition) is 5. The predicted octanol–water partition coefficient (Wildman–Crippen LogP) is 0.432. The number of hydrogen-bond donors (Lipinski definition) is 2. The van der Waals surface area contributed by atoms with Crippen molar-refractivity contribution < 1.29 is 27.8 Å². The molecule has 1 aliphatic rings. The highest BCUT2D eigenvalue weighted by Gasteiger charge is 2.40. The van der Waals surface area contributed by atoms with Crippen LogP contribution in [-0.4, -0.2) is 47.6 Å². The maximum Gasteiger partial charge on any atom is 0.371 e. The molecule has 1 aromatic rings. The van der Waals surface area contributed by atoms with Crippen molar-refractivity contribution in [3.8, 4) is 0 Å². The van der Waals surface area contributed by atoms with E-state index in [0.29, 0.717) is 6.42 Å². The first-order valence-electron chi connectivity index (χ1n) is 5.70. The maximum absolute atomic E-state index is 12.3. The van der Waals surface area contributed by atoms with Gasteiger partial charge < -0.3 is 14.6 Å². The third-order valence-electron chi connectivity index (χ3n) is 3.12. The van der Waals surface area contributed by atoms with Crippen LogP contribution in [0.3, 0.4) is 0 Å². The first-order valence-corrected chi connectivity index (χ1v) is 7.14. The van der Waals surface area contributed by atoms with Gasteiger partial charge in [0.2, 0.25) is 15.8 Å². The Hall–Kier alpha value is -1.38. The Morgan fingerprint density at radius 2 is 2.16 bits per heavy atom. The average molecular weight is 289 g/mol. The summed E-state index contributed by atoms with van der Waals surface area (Å²) in [5.41, 5.74) is -1.06. The lowest BCUT2D eigenvalue weighted by atomic mass is 10.1. The van der Waals surface area contributed by atoms with Gasteiger partial charge in [0.1, 0.15) is 10.7 Å². The van der Waals surface area contributed by atoms with Crippen LogP contribution in [0.4, 0.5) is 0 Å². The van der Waals surface area contributed by atoms with Crippen molar-refractivity contribution in [3.63, 3.8) is 0 Å². The lowest BCUT2D eigenvalue weighted by Crippen LogP contribution is -2.34. The molecule has 2 N–H and O–H groups in total. The predicted molar refractivity (Wildman–Crippen MR) is 64.4 cm³/mol. The van der Waals surface area contributed by atoms with E-state index in [1.54, 1.807) is 6.92 Å². The molecule has 19 heavy (non-hydrogen) atoms.